The summed E-state index contributed by atoms with van der Waals surface area (Å²) in [6.07, 6.45) is 3.18. The van der Waals surface area contributed by atoms with E-state index in [1.165, 1.54) is 31.0 Å². The molecule has 0 unspecified atom stereocenters. The highest BCUT2D eigenvalue weighted by molar-refractivity contribution is 6.04. The van der Waals surface area contributed by atoms with Gasteiger partial charge in [0.05, 0.1) is 19.9 Å². The fourth-order valence-electron chi connectivity index (χ4n) is 2.87. The van der Waals surface area contributed by atoms with Crippen LogP contribution in [0, 0.1) is 0 Å². The molecule has 11 heteroatoms. The van der Waals surface area contributed by atoms with Crippen LogP contribution in [0.3, 0.4) is 0 Å². The number of amides is 2. The lowest BCUT2D eigenvalue weighted by molar-refractivity contribution is -0.120. The molecule has 3 aromatic rings. The molecule has 0 bridgehead atoms. The zero-order valence-electron chi connectivity index (χ0n) is 19.1. The number of hydrogen-bond donors (Lipinski definition) is 2. The molecule has 2 amide bonds. The monoisotopic (exact) mass is 454 g/mol. The molecule has 2 heterocycles. The summed E-state index contributed by atoms with van der Waals surface area (Å²) in [5.74, 6) is 0.162. The van der Waals surface area contributed by atoms with Gasteiger partial charge in [0.25, 0.3) is 17.8 Å². The normalized spacial score (nSPS) is 11.1. The molecule has 0 fully saturated rings. The third kappa shape index (κ3) is 5.37. The first-order valence-corrected chi connectivity index (χ1v) is 10.0. The van der Waals surface area contributed by atoms with E-state index in [1.807, 2.05) is 20.8 Å². The number of benzene rings is 1. The number of nitrogens with two attached hydrogens (primary N) is 1. The number of hydrogen-bond acceptors (Lipinski definition) is 8. The molecule has 0 aliphatic carbocycles. The fraction of sp³-hybridized carbons (Fsp3) is 0.318. The zero-order chi connectivity index (χ0) is 24.2. The lowest BCUT2D eigenvalue weighted by atomic mass is 9.92. The molecule has 11 nitrogen and oxygen atoms in total. The molecule has 1 aromatic carbocycles. The van der Waals surface area contributed by atoms with Gasteiger partial charge in [-0.1, -0.05) is 20.8 Å². The topological polar surface area (TPSA) is 143 Å². The summed E-state index contributed by atoms with van der Waals surface area (Å²) in [6, 6.07) is 6.40. The minimum atomic E-state index is -0.660. The molecule has 0 atom stereocenters. The van der Waals surface area contributed by atoms with Crippen LogP contribution in [-0.4, -0.2) is 52.4 Å². The van der Waals surface area contributed by atoms with Crippen molar-refractivity contribution in [3.05, 3.63) is 47.9 Å². The third-order valence-electron chi connectivity index (χ3n) is 4.54. The molecule has 0 saturated carbocycles. The van der Waals surface area contributed by atoms with Crippen molar-refractivity contribution in [2.24, 2.45) is 5.73 Å². The SMILES string of the molecule is COc1cc(C(=O)Nc2cc(C(C)(C)C)nn2-c2ncccn2)cc(OC)c1OCC(N)=O. The van der Waals surface area contributed by atoms with Crippen LogP contribution in [0.15, 0.2) is 36.7 Å². The van der Waals surface area contributed by atoms with Gasteiger partial charge in [0.2, 0.25) is 5.75 Å². The van der Waals surface area contributed by atoms with Gasteiger partial charge in [0, 0.05) is 29.4 Å². The zero-order valence-corrected chi connectivity index (χ0v) is 19.1. The van der Waals surface area contributed by atoms with Gasteiger partial charge in [0.1, 0.15) is 5.82 Å². The van der Waals surface area contributed by atoms with Crippen LogP contribution in [0.4, 0.5) is 5.82 Å². The van der Waals surface area contributed by atoms with Crippen LogP contribution in [0.1, 0.15) is 36.8 Å². The van der Waals surface area contributed by atoms with Crippen molar-refractivity contribution in [2.45, 2.75) is 26.2 Å². The van der Waals surface area contributed by atoms with Crippen LogP contribution in [-0.2, 0) is 10.2 Å². The summed E-state index contributed by atoms with van der Waals surface area (Å²) in [5, 5.41) is 7.43. The molecule has 2 aromatic heterocycles. The van der Waals surface area contributed by atoms with E-state index in [0.717, 1.165) is 5.69 Å². The van der Waals surface area contributed by atoms with Gasteiger partial charge in [-0.05, 0) is 18.2 Å². The Bertz CT molecular complexity index is 1130. The Labute approximate surface area is 190 Å². The van der Waals surface area contributed by atoms with Gasteiger partial charge >= 0.3 is 0 Å². The summed E-state index contributed by atoms with van der Waals surface area (Å²) in [5.41, 5.74) is 5.86. The molecule has 33 heavy (non-hydrogen) atoms. The Morgan fingerprint density at radius 1 is 1.06 bits per heavy atom. The van der Waals surface area contributed by atoms with Gasteiger partial charge in [-0.2, -0.15) is 9.78 Å². The first-order valence-electron chi connectivity index (χ1n) is 10.0. The van der Waals surface area contributed by atoms with Crippen molar-refractivity contribution in [2.75, 3.05) is 26.1 Å². The van der Waals surface area contributed by atoms with Gasteiger partial charge in [-0.3, -0.25) is 9.59 Å². The first kappa shape index (κ1) is 23.5. The minimum Gasteiger partial charge on any atom is -0.493 e. The Balaban J connectivity index is 1.98. The van der Waals surface area contributed by atoms with Crippen molar-refractivity contribution in [1.82, 2.24) is 19.7 Å². The van der Waals surface area contributed by atoms with Crippen molar-refractivity contribution < 1.29 is 23.8 Å². The quantitative estimate of drug-likeness (QED) is 0.527. The van der Waals surface area contributed by atoms with E-state index < -0.39 is 11.8 Å². The lowest BCUT2D eigenvalue weighted by Crippen LogP contribution is -2.21. The maximum atomic E-state index is 13.2. The number of carbonyl (C=O) groups is 2. The van der Waals surface area contributed by atoms with E-state index >= 15 is 0 Å². The Morgan fingerprint density at radius 3 is 2.18 bits per heavy atom. The molecule has 0 saturated heterocycles. The van der Waals surface area contributed by atoms with Crippen molar-refractivity contribution in [1.29, 1.82) is 0 Å². The van der Waals surface area contributed by atoms with Crippen LogP contribution < -0.4 is 25.3 Å². The van der Waals surface area contributed by atoms with Gasteiger partial charge in [-0.25, -0.2) is 9.97 Å². The van der Waals surface area contributed by atoms with E-state index in [0.29, 0.717) is 11.8 Å². The number of nitrogens with zero attached hydrogens (tertiary/aromatic N) is 4. The number of nitrogens with one attached hydrogen (secondary N) is 1. The summed E-state index contributed by atoms with van der Waals surface area (Å²) in [7, 11) is 2.82. The number of primary amides is 1. The highest BCUT2D eigenvalue weighted by Gasteiger charge is 2.24. The van der Waals surface area contributed by atoms with Crippen molar-refractivity contribution in [3.63, 3.8) is 0 Å². The van der Waals surface area contributed by atoms with Crippen LogP contribution in [0.5, 0.6) is 17.2 Å². The van der Waals surface area contributed by atoms with Gasteiger partial charge in [0.15, 0.2) is 18.1 Å². The number of aromatic nitrogens is 4. The lowest BCUT2D eigenvalue weighted by Gasteiger charge is -2.15. The predicted molar refractivity (Wildman–Crippen MR) is 120 cm³/mol. The third-order valence-corrected chi connectivity index (χ3v) is 4.54. The van der Waals surface area contributed by atoms with E-state index in [-0.39, 0.29) is 34.8 Å². The molecule has 0 aliphatic rings. The van der Waals surface area contributed by atoms with Crippen LogP contribution in [0.2, 0.25) is 0 Å². The van der Waals surface area contributed by atoms with E-state index in [2.05, 4.69) is 20.4 Å². The van der Waals surface area contributed by atoms with Crippen LogP contribution in [0.25, 0.3) is 5.95 Å². The Kier molecular flexibility index (Phi) is 6.80. The smallest absolute Gasteiger partial charge is 0.257 e. The molecule has 0 spiro atoms. The summed E-state index contributed by atoms with van der Waals surface area (Å²) in [4.78, 5) is 32.7. The molecule has 3 rings (SSSR count). The maximum absolute atomic E-state index is 13.2. The van der Waals surface area contributed by atoms with E-state index in [1.54, 1.807) is 24.5 Å². The number of methoxy groups -OCH3 is 2. The first-order chi connectivity index (χ1) is 15.6. The summed E-state index contributed by atoms with van der Waals surface area (Å²) in [6.45, 7) is 5.66. The molecule has 0 radical (unpaired) electrons. The fourth-order valence-corrected chi connectivity index (χ4v) is 2.87. The second-order valence-electron chi connectivity index (χ2n) is 8.04. The standard InChI is InChI=1S/C22H26N6O5/c1-22(2,3)16-11-18(28(27-16)21-24-7-6-8-25-21)26-20(30)13-9-14(31-4)19(15(10-13)32-5)33-12-17(23)29/h6-11H,12H2,1-5H3,(H2,23,29)(H,26,30). The minimum absolute atomic E-state index is 0.160. The average molecular weight is 454 g/mol. The number of rotatable bonds is 8. The second kappa shape index (κ2) is 9.55. The van der Waals surface area contributed by atoms with E-state index in [9.17, 15) is 9.59 Å². The van der Waals surface area contributed by atoms with Gasteiger partial charge < -0.3 is 25.3 Å². The van der Waals surface area contributed by atoms with Crippen molar-refractivity contribution in [3.8, 4) is 23.2 Å². The summed E-state index contributed by atoms with van der Waals surface area (Å²) >= 11 is 0. The number of ether oxygens (including phenoxy) is 3. The highest BCUT2D eigenvalue weighted by atomic mass is 16.5. The van der Waals surface area contributed by atoms with Crippen LogP contribution >= 0.6 is 0 Å². The number of carbonyl (C=O) groups excluding carboxylic acids is 2. The number of anilines is 1. The predicted octanol–water partition coefficient (Wildman–Crippen LogP) is 2.09. The molecular weight excluding hydrogens is 428 g/mol. The Hall–Kier alpha value is -4.15. The maximum Gasteiger partial charge on any atom is 0.257 e. The highest BCUT2D eigenvalue weighted by Crippen LogP contribution is 2.39. The molecule has 174 valence electrons. The molecule has 0 aliphatic heterocycles. The second-order valence-corrected chi connectivity index (χ2v) is 8.04. The largest absolute Gasteiger partial charge is 0.493 e. The molecule has 3 N–H and O–H groups in total. The summed E-state index contributed by atoms with van der Waals surface area (Å²) < 4.78 is 17.5. The van der Waals surface area contributed by atoms with Crippen molar-refractivity contribution >= 4 is 17.6 Å². The Morgan fingerprint density at radius 2 is 1.67 bits per heavy atom. The van der Waals surface area contributed by atoms with Gasteiger partial charge in [-0.15, -0.1) is 0 Å². The average Bonchev–Trinajstić information content (AvgIpc) is 3.21. The molecular formula is C22H26N6O5. The van der Waals surface area contributed by atoms with E-state index in [4.69, 9.17) is 19.9 Å².